The lowest BCUT2D eigenvalue weighted by Gasteiger charge is -2.41. The normalized spacial score (nSPS) is 34.5. The van der Waals surface area contributed by atoms with E-state index in [1.165, 1.54) is 6.42 Å². The number of hydrogen-bond donors (Lipinski definition) is 1. The molecule has 0 aliphatic carbocycles. The lowest BCUT2D eigenvalue weighted by molar-refractivity contribution is -0.153. The number of nitrogens with zero attached hydrogens (tertiary/aromatic N) is 1. The van der Waals surface area contributed by atoms with Crippen LogP contribution < -0.4 is 5.32 Å². The summed E-state index contributed by atoms with van der Waals surface area (Å²) in [5.74, 6) is 0.784. The van der Waals surface area contributed by atoms with E-state index in [4.69, 9.17) is 4.74 Å². The molecule has 0 aromatic carbocycles. The molecule has 1 N–H and O–H groups in total. The minimum absolute atomic E-state index is 0.211. The zero-order chi connectivity index (χ0) is 14.6. The number of rotatable bonds is 5. The van der Waals surface area contributed by atoms with E-state index in [1.54, 1.807) is 0 Å². The van der Waals surface area contributed by atoms with Crippen LogP contribution in [0.15, 0.2) is 0 Å². The van der Waals surface area contributed by atoms with Gasteiger partial charge in [0, 0.05) is 25.7 Å². The smallest absolute Gasteiger partial charge is 0.254 e. The maximum atomic E-state index is 12.7. The molecule has 116 valence electrons. The lowest BCUT2D eigenvalue weighted by atomic mass is 9.88. The van der Waals surface area contributed by atoms with Crippen LogP contribution in [0.5, 0.6) is 0 Å². The largest absolute Gasteiger partial charge is 0.365 e. The highest BCUT2D eigenvalue weighted by Gasteiger charge is 2.42. The number of likely N-dealkylation sites (tertiary alicyclic amines) is 1. The summed E-state index contributed by atoms with van der Waals surface area (Å²) in [6.07, 6.45) is 5.25. The predicted octanol–water partition coefficient (Wildman–Crippen LogP) is 2.18. The van der Waals surface area contributed by atoms with Crippen LogP contribution in [-0.4, -0.2) is 48.7 Å². The van der Waals surface area contributed by atoms with Gasteiger partial charge in [0.05, 0.1) is 0 Å². The molecule has 4 heteroatoms. The van der Waals surface area contributed by atoms with Gasteiger partial charge < -0.3 is 15.0 Å². The van der Waals surface area contributed by atoms with Gasteiger partial charge in [-0.3, -0.25) is 4.79 Å². The van der Waals surface area contributed by atoms with Crippen LogP contribution in [0.2, 0.25) is 0 Å². The molecule has 0 aromatic heterocycles. The SMILES string of the molecule is CCCNC1CCN(C(=O)C2(C)CCCO2)CC1CC. The molecule has 2 saturated heterocycles. The third kappa shape index (κ3) is 3.34. The van der Waals surface area contributed by atoms with Crippen molar-refractivity contribution in [1.82, 2.24) is 10.2 Å². The number of carbonyl (C=O) groups excluding carboxylic acids is 1. The van der Waals surface area contributed by atoms with E-state index in [9.17, 15) is 4.79 Å². The van der Waals surface area contributed by atoms with Crippen LogP contribution in [0.25, 0.3) is 0 Å². The van der Waals surface area contributed by atoms with Crippen molar-refractivity contribution < 1.29 is 9.53 Å². The second kappa shape index (κ2) is 6.90. The fourth-order valence-corrected chi connectivity index (χ4v) is 3.51. The Hall–Kier alpha value is -0.610. The number of piperidine rings is 1. The van der Waals surface area contributed by atoms with Gasteiger partial charge in [0.25, 0.3) is 5.91 Å². The summed E-state index contributed by atoms with van der Waals surface area (Å²) < 4.78 is 5.71. The molecule has 4 nitrogen and oxygen atoms in total. The van der Waals surface area contributed by atoms with Crippen molar-refractivity contribution in [2.24, 2.45) is 5.92 Å². The number of hydrogen-bond acceptors (Lipinski definition) is 3. The summed E-state index contributed by atoms with van der Waals surface area (Å²) >= 11 is 0. The van der Waals surface area contributed by atoms with Gasteiger partial charge in [-0.2, -0.15) is 0 Å². The quantitative estimate of drug-likeness (QED) is 0.840. The molecular formula is C16H30N2O2. The standard InChI is InChI=1S/C16H30N2O2/c1-4-9-17-14-7-10-18(12-13(14)5-2)15(19)16(3)8-6-11-20-16/h13-14,17H,4-12H2,1-3H3. The van der Waals surface area contributed by atoms with Crippen molar-refractivity contribution in [1.29, 1.82) is 0 Å². The van der Waals surface area contributed by atoms with Gasteiger partial charge >= 0.3 is 0 Å². The van der Waals surface area contributed by atoms with Gasteiger partial charge in [-0.15, -0.1) is 0 Å². The van der Waals surface area contributed by atoms with E-state index < -0.39 is 5.60 Å². The fourth-order valence-electron chi connectivity index (χ4n) is 3.51. The molecule has 0 radical (unpaired) electrons. The fraction of sp³-hybridized carbons (Fsp3) is 0.938. The molecule has 0 bridgehead atoms. The van der Waals surface area contributed by atoms with Crippen molar-refractivity contribution in [2.45, 2.75) is 64.5 Å². The molecule has 3 atom stereocenters. The summed E-state index contributed by atoms with van der Waals surface area (Å²) in [5, 5.41) is 3.64. The van der Waals surface area contributed by atoms with Crippen molar-refractivity contribution in [3.8, 4) is 0 Å². The Balaban J connectivity index is 1.93. The second-order valence-electron chi connectivity index (χ2n) is 6.45. The van der Waals surface area contributed by atoms with Crippen molar-refractivity contribution in [3.63, 3.8) is 0 Å². The molecule has 0 aromatic rings. The summed E-state index contributed by atoms with van der Waals surface area (Å²) in [5.41, 5.74) is -0.554. The topological polar surface area (TPSA) is 41.6 Å². The Kier molecular flexibility index (Phi) is 5.44. The molecule has 0 saturated carbocycles. The third-order valence-electron chi connectivity index (χ3n) is 4.87. The molecule has 2 fully saturated rings. The monoisotopic (exact) mass is 282 g/mol. The Morgan fingerprint density at radius 3 is 2.85 bits per heavy atom. The van der Waals surface area contributed by atoms with Gasteiger partial charge in [-0.05, 0) is 45.1 Å². The molecule has 0 spiro atoms. The summed E-state index contributed by atoms with van der Waals surface area (Å²) in [6, 6.07) is 0.571. The van der Waals surface area contributed by atoms with Crippen molar-refractivity contribution in [2.75, 3.05) is 26.2 Å². The van der Waals surface area contributed by atoms with E-state index in [-0.39, 0.29) is 5.91 Å². The number of amides is 1. The maximum absolute atomic E-state index is 12.7. The average Bonchev–Trinajstić information content (AvgIpc) is 2.92. The van der Waals surface area contributed by atoms with Crippen molar-refractivity contribution >= 4 is 5.91 Å². The van der Waals surface area contributed by atoms with Gasteiger partial charge in [0.15, 0.2) is 0 Å². The van der Waals surface area contributed by atoms with E-state index in [1.807, 2.05) is 11.8 Å². The Morgan fingerprint density at radius 1 is 1.45 bits per heavy atom. The minimum atomic E-state index is -0.554. The van der Waals surface area contributed by atoms with Gasteiger partial charge in [-0.25, -0.2) is 0 Å². The molecule has 2 aliphatic heterocycles. The predicted molar refractivity (Wildman–Crippen MR) is 80.7 cm³/mol. The molecule has 1 amide bonds. The third-order valence-corrected chi connectivity index (χ3v) is 4.87. The summed E-state index contributed by atoms with van der Waals surface area (Å²) in [7, 11) is 0. The van der Waals surface area contributed by atoms with Crippen LogP contribution in [0.3, 0.4) is 0 Å². The van der Waals surface area contributed by atoms with Crippen LogP contribution in [0, 0.1) is 5.92 Å². The average molecular weight is 282 g/mol. The molecule has 2 rings (SSSR count). The molecule has 3 unspecified atom stereocenters. The first-order valence-electron chi connectivity index (χ1n) is 8.27. The number of ether oxygens (including phenoxy) is 1. The van der Waals surface area contributed by atoms with E-state index >= 15 is 0 Å². The number of carbonyl (C=O) groups is 1. The minimum Gasteiger partial charge on any atom is -0.365 e. The highest BCUT2D eigenvalue weighted by molar-refractivity contribution is 5.85. The van der Waals surface area contributed by atoms with Gasteiger partial charge in [0.1, 0.15) is 5.60 Å². The highest BCUT2D eigenvalue weighted by atomic mass is 16.5. The Morgan fingerprint density at radius 2 is 2.25 bits per heavy atom. The van der Waals surface area contributed by atoms with E-state index in [0.717, 1.165) is 51.9 Å². The zero-order valence-electron chi connectivity index (χ0n) is 13.3. The molecule has 2 heterocycles. The first-order chi connectivity index (χ1) is 9.60. The van der Waals surface area contributed by atoms with Gasteiger partial charge in [-0.1, -0.05) is 20.3 Å². The zero-order valence-corrected chi connectivity index (χ0v) is 13.3. The van der Waals surface area contributed by atoms with E-state index in [0.29, 0.717) is 12.0 Å². The summed E-state index contributed by atoms with van der Waals surface area (Å²) in [4.78, 5) is 14.7. The summed E-state index contributed by atoms with van der Waals surface area (Å²) in [6.45, 7) is 9.96. The van der Waals surface area contributed by atoms with Crippen LogP contribution in [-0.2, 0) is 9.53 Å². The van der Waals surface area contributed by atoms with Gasteiger partial charge in [0.2, 0.25) is 0 Å². The molecule has 20 heavy (non-hydrogen) atoms. The van der Waals surface area contributed by atoms with Crippen LogP contribution in [0.4, 0.5) is 0 Å². The second-order valence-corrected chi connectivity index (χ2v) is 6.45. The number of nitrogens with one attached hydrogen (secondary N) is 1. The first kappa shape index (κ1) is 15.8. The highest BCUT2D eigenvalue weighted by Crippen LogP contribution is 2.30. The molecular weight excluding hydrogens is 252 g/mol. The maximum Gasteiger partial charge on any atom is 0.254 e. The van der Waals surface area contributed by atoms with Crippen LogP contribution in [0.1, 0.15) is 52.9 Å². The Bertz CT molecular complexity index is 326. The first-order valence-corrected chi connectivity index (χ1v) is 8.27. The van der Waals surface area contributed by atoms with Crippen molar-refractivity contribution in [3.05, 3.63) is 0 Å². The lowest BCUT2D eigenvalue weighted by Crippen LogP contribution is -2.55. The van der Waals surface area contributed by atoms with E-state index in [2.05, 4.69) is 19.2 Å². The molecule has 2 aliphatic rings. The van der Waals surface area contributed by atoms with Crippen LogP contribution >= 0.6 is 0 Å². The Labute approximate surface area is 123 Å².